The van der Waals surface area contributed by atoms with Gasteiger partial charge in [-0.15, -0.1) is 0 Å². The fourth-order valence-electron chi connectivity index (χ4n) is 5.25. The number of halogens is 1. The second-order valence-electron chi connectivity index (χ2n) is 8.62. The van der Waals surface area contributed by atoms with Crippen LogP contribution < -0.4 is 10.4 Å². The molecule has 0 saturated carbocycles. The third-order valence-corrected chi connectivity index (χ3v) is 7.17. The van der Waals surface area contributed by atoms with Gasteiger partial charge < -0.3 is 4.42 Å². The predicted molar refractivity (Wildman–Crippen MR) is 132 cm³/mol. The number of aryl methyl sites for hydroxylation is 1. The maximum absolute atomic E-state index is 5.25. The second-order valence-corrected chi connectivity index (χ2v) is 9.54. The van der Waals surface area contributed by atoms with Crippen LogP contribution in [0.15, 0.2) is 82.1 Å². The SMILES string of the molecule is Brc1cccc(C2=CCCc3c2ccc2c4c(ccc32)=CC(Cc2ccoc2)CC=4)c1. The lowest BCUT2D eigenvalue weighted by Crippen LogP contribution is -2.30. The number of rotatable bonds is 3. The van der Waals surface area contributed by atoms with Gasteiger partial charge in [0, 0.05) is 4.47 Å². The van der Waals surface area contributed by atoms with Gasteiger partial charge in [0.15, 0.2) is 0 Å². The molecule has 0 spiro atoms. The summed E-state index contributed by atoms with van der Waals surface area (Å²) in [6.07, 6.45) is 15.2. The third kappa shape index (κ3) is 3.40. The molecule has 1 nitrogen and oxygen atoms in total. The first-order chi connectivity index (χ1) is 15.3. The van der Waals surface area contributed by atoms with E-state index >= 15 is 0 Å². The summed E-state index contributed by atoms with van der Waals surface area (Å²) in [5.74, 6) is 0.534. The summed E-state index contributed by atoms with van der Waals surface area (Å²) in [5.41, 5.74) is 6.80. The zero-order valence-corrected chi connectivity index (χ0v) is 18.9. The van der Waals surface area contributed by atoms with E-state index in [0.29, 0.717) is 5.92 Å². The van der Waals surface area contributed by atoms with Crippen molar-refractivity contribution >= 4 is 44.4 Å². The summed E-state index contributed by atoms with van der Waals surface area (Å²) >= 11 is 3.63. The lowest BCUT2D eigenvalue weighted by Gasteiger charge is -2.21. The van der Waals surface area contributed by atoms with Gasteiger partial charge in [0.05, 0.1) is 12.5 Å². The van der Waals surface area contributed by atoms with Gasteiger partial charge in [0.1, 0.15) is 0 Å². The average Bonchev–Trinajstić information content (AvgIpc) is 3.31. The highest BCUT2D eigenvalue weighted by Gasteiger charge is 2.18. The molecule has 152 valence electrons. The van der Waals surface area contributed by atoms with Crippen LogP contribution in [0.25, 0.3) is 28.5 Å². The van der Waals surface area contributed by atoms with E-state index in [-0.39, 0.29) is 0 Å². The van der Waals surface area contributed by atoms with Crippen LogP contribution in [0, 0.1) is 5.92 Å². The Morgan fingerprint density at radius 3 is 2.77 bits per heavy atom. The summed E-state index contributed by atoms with van der Waals surface area (Å²) in [6.45, 7) is 0. The molecule has 4 aromatic rings. The summed E-state index contributed by atoms with van der Waals surface area (Å²) in [5, 5.41) is 5.58. The van der Waals surface area contributed by atoms with Crippen LogP contribution in [0.5, 0.6) is 0 Å². The molecule has 0 amide bonds. The lowest BCUT2D eigenvalue weighted by atomic mass is 9.83. The molecule has 0 radical (unpaired) electrons. The quantitative estimate of drug-likeness (QED) is 0.340. The maximum Gasteiger partial charge on any atom is 0.0934 e. The molecule has 0 N–H and O–H groups in total. The number of allylic oxidation sites excluding steroid dienone is 1. The van der Waals surface area contributed by atoms with Crippen LogP contribution in [0.1, 0.15) is 35.1 Å². The van der Waals surface area contributed by atoms with Crippen molar-refractivity contribution in [2.24, 2.45) is 5.92 Å². The van der Waals surface area contributed by atoms with Crippen LogP contribution in [0.3, 0.4) is 0 Å². The van der Waals surface area contributed by atoms with Crippen molar-refractivity contribution in [3.8, 4) is 0 Å². The molecule has 1 aromatic heterocycles. The van der Waals surface area contributed by atoms with Gasteiger partial charge in [-0.3, -0.25) is 0 Å². The number of hydrogen-bond donors (Lipinski definition) is 0. The Morgan fingerprint density at radius 1 is 0.968 bits per heavy atom. The summed E-state index contributed by atoms with van der Waals surface area (Å²) in [4.78, 5) is 0. The maximum atomic E-state index is 5.25. The topological polar surface area (TPSA) is 13.1 Å². The zero-order valence-electron chi connectivity index (χ0n) is 17.3. The molecular weight excluding hydrogens is 444 g/mol. The zero-order chi connectivity index (χ0) is 20.8. The minimum absolute atomic E-state index is 0.534. The normalized spacial score (nSPS) is 17.3. The van der Waals surface area contributed by atoms with Crippen LogP contribution in [-0.4, -0.2) is 0 Å². The molecule has 6 rings (SSSR count). The first-order valence-electron chi connectivity index (χ1n) is 11.0. The van der Waals surface area contributed by atoms with Gasteiger partial charge >= 0.3 is 0 Å². The molecular formula is C29H23BrO. The van der Waals surface area contributed by atoms with E-state index in [0.717, 1.165) is 30.2 Å². The van der Waals surface area contributed by atoms with Crippen molar-refractivity contribution in [1.82, 2.24) is 0 Å². The van der Waals surface area contributed by atoms with E-state index in [1.807, 2.05) is 6.26 Å². The van der Waals surface area contributed by atoms with Crippen molar-refractivity contribution in [2.75, 3.05) is 0 Å². The summed E-state index contributed by atoms with van der Waals surface area (Å²) < 4.78 is 6.38. The molecule has 2 aliphatic rings. The van der Waals surface area contributed by atoms with Crippen LogP contribution in [0.4, 0.5) is 0 Å². The van der Waals surface area contributed by atoms with Crippen molar-refractivity contribution in [3.63, 3.8) is 0 Å². The molecule has 2 aliphatic carbocycles. The van der Waals surface area contributed by atoms with E-state index in [1.165, 1.54) is 49.0 Å². The van der Waals surface area contributed by atoms with Gasteiger partial charge in [0.2, 0.25) is 0 Å². The number of hydrogen-bond acceptors (Lipinski definition) is 1. The molecule has 31 heavy (non-hydrogen) atoms. The van der Waals surface area contributed by atoms with E-state index in [2.05, 4.69) is 88.8 Å². The molecule has 3 aromatic carbocycles. The molecule has 1 heterocycles. The monoisotopic (exact) mass is 466 g/mol. The van der Waals surface area contributed by atoms with Crippen molar-refractivity contribution in [1.29, 1.82) is 0 Å². The van der Waals surface area contributed by atoms with Crippen molar-refractivity contribution < 1.29 is 4.42 Å². The van der Waals surface area contributed by atoms with Gasteiger partial charge in [-0.25, -0.2) is 0 Å². The summed E-state index contributed by atoms with van der Waals surface area (Å²) in [7, 11) is 0. The van der Waals surface area contributed by atoms with E-state index in [9.17, 15) is 0 Å². The van der Waals surface area contributed by atoms with Crippen molar-refractivity contribution in [2.45, 2.75) is 25.7 Å². The van der Waals surface area contributed by atoms with E-state index < -0.39 is 0 Å². The summed E-state index contributed by atoms with van der Waals surface area (Å²) in [6, 6.07) is 20.1. The highest BCUT2D eigenvalue weighted by molar-refractivity contribution is 9.10. The van der Waals surface area contributed by atoms with Gasteiger partial charge in [-0.2, -0.15) is 0 Å². The molecule has 0 bridgehead atoms. The smallest absolute Gasteiger partial charge is 0.0934 e. The Labute approximate surface area is 190 Å². The first kappa shape index (κ1) is 18.9. The van der Waals surface area contributed by atoms with Crippen LogP contribution in [-0.2, 0) is 12.8 Å². The predicted octanol–water partition coefficient (Wildman–Crippen LogP) is 6.40. The highest BCUT2D eigenvalue weighted by atomic mass is 79.9. The Balaban J connectivity index is 1.45. The average molecular weight is 467 g/mol. The van der Waals surface area contributed by atoms with Gasteiger partial charge in [-0.05, 0) is 98.8 Å². The Bertz CT molecular complexity index is 1440. The Hall–Kier alpha value is -2.84. The Kier molecular flexibility index (Phi) is 4.69. The van der Waals surface area contributed by atoms with E-state index in [1.54, 1.807) is 6.26 Å². The van der Waals surface area contributed by atoms with Gasteiger partial charge in [-0.1, -0.05) is 70.6 Å². The van der Waals surface area contributed by atoms with Gasteiger partial charge in [0.25, 0.3) is 0 Å². The standard InChI is InChI=1S/C29H23BrO/c30-23-4-1-3-21(17-23)24-5-2-6-26-27(24)11-12-28-25-9-7-19(15-20-13-14-31-18-20)16-22(25)8-10-29(26)28/h1,3-5,8-14,16-19H,2,6-7,15H2. The molecule has 0 aliphatic heterocycles. The molecule has 2 heteroatoms. The van der Waals surface area contributed by atoms with Crippen LogP contribution >= 0.6 is 15.9 Å². The number of benzene rings is 3. The molecule has 1 atom stereocenters. The Morgan fingerprint density at radius 2 is 1.90 bits per heavy atom. The largest absolute Gasteiger partial charge is 0.472 e. The number of fused-ring (bicyclic) bond motifs is 5. The number of furan rings is 1. The fourth-order valence-corrected chi connectivity index (χ4v) is 5.65. The molecule has 0 fully saturated rings. The lowest BCUT2D eigenvalue weighted by molar-refractivity contribution is 0.560. The molecule has 1 unspecified atom stereocenters. The second kappa shape index (κ2) is 7.69. The first-order valence-corrected chi connectivity index (χ1v) is 11.8. The fraction of sp³-hybridized carbons (Fsp3) is 0.172. The van der Waals surface area contributed by atoms with Crippen LogP contribution in [0.2, 0.25) is 0 Å². The minimum Gasteiger partial charge on any atom is -0.472 e. The third-order valence-electron chi connectivity index (χ3n) is 6.67. The van der Waals surface area contributed by atoms with E-state index in [4.69, 9.17) is 4.42 Å². The minimum atomic E-state index is 0.534. The highest BCUT2D eigenvalue weighted by Crippen LogP contribution is 2.36. The van der Waals surface area contributed by atoms with Crippen molar-refractivity contribution in [3.05, 3.63) is 110 Å². The molecule has 0 saturated heterocycles.